The second kappa shape index (κ2) is 4.58. The summed E-state index contributed by atoms with van der Waals surface area (Å²) < 4.78 is 10.4. The van der Waals surface area contributed by atoms with Crippen LogP contribution in [-0.2, 0) is 14.3 Å². The molecule has 0 aromatic rings. The molecule has 1 saturated heterocycles. The van der Waals surface area contributed by atoms with Gasteiger partial charge in [0.2, 0.25) is 5.91 Å². The molecule has 0 aliphatic carbocycles. The van der Waals surface area contributed by atoms with Gasteiger partial charge in [0.1, 0.15) is 12.3 Å². The van der Waals surface area contributed by atoms with E-state index < -0.39 is 0 Å². The first-order valence-corrected chi connectivity index (χ1v) is 4.59. The molecular weight excluding hydrogens is 170 g/mol. The molecular formula is C9H16NO3-. The maximum atomic E-state index is 11.4. The standard InChI is InChI=1S/C9H16NO3/c1-4-5-12-8(3)10-6-13-7(2)9(10)11/h6-8H,4-5H2,1-3H3/q-1. The van der Waals surface area contributed by atoms with Crippen LogP contribution in [0.3, 0.4) is 0 Å². The topological polar surface area (TPSA) is 38.8 Å². The van der Waals surface area contributed by atoms with Gasteiger partial charge in [-0.3, -0.25) is 4.79 Å². The normalized spacial score (nSPS) is 25.3. The Bertz CT molecular complexity index is 184. The Kier molecular flexibility index (Phi) is 3.69. The summed E-state index contributed by atoms with van der Waals surface area (Å²) in [5.74, 6) is -0.0383. The van der Waals surface area contributed by atoms with E-state index in [1.54, 1.807) is 6.92 Å². The Balaban J connectivity index is 2.39. The quantitative estimate of drug-likeness (QED) is 0.618. The molecule has 0 bridgehead atoms. The van der Waals surface area contributed by atoms with Crippen LogP contribution in [0.25, 0.3) is 0 Å². The van der Waals surface area contributed by atoms with Crippen molar-refractivity contribution in [3.63, 3.8) is 0 Å². The number of nitrogens with zero attached hydrogens (tertiary/aromatic N) is 1. The van der Waals surface area contributed by atoms with Crippen molar-refractivity contribution in [3.05, 3.63) is 6.73 Å². The number of carbonyl (C=O) groups excluding carboxylic acids is 1. The first kappa shape index (κ1) is 10.5. The minimum atomic E-state index is -0.368. The third-order valence-corrected chi connectivity index (χ3v) is 1.94. The van der Waals surface area contributed by atoms with Gasteiger partial charge in [0.15, 0.2) is 0 Å². The Labute approximate surface area is 78.8 Å². The molecule has 2 unspecified atom stereocenters. The fourth-order valence-corrected chi connectivity index (χ4v) is 1.11. The van der Waals surface area contributed by atoms with Gasteiger partial charge in [0.25, 0.3) is 0 Å². The van der Waals surface area contributed by atoms with Gasteiger partial charge in [0, 0.05) is 6.61 Å². The molecule has 1 aliphatic heterocycles. The van der Waals surface area contributed by atoms with E-state index in [0.29, 0.717) is 6.61 Å². The van der Waals surface area contributed by atoms with Crippen molar-refractivity contribution in [2.24, 2.45) is 0 Å². The highest BCUT2D eigenvalue weighted by Crippen LogP contribution is 2.17. The van der Waals surface area contributed by atoms with Crippen molar-refractivity contribution in [2.45, 2.75) is 39.5 Å². The van der Waals surface area contributed by atoms with Gasteiger partial charge in [-0.15, -0.1) is 6.73 Å². The van der Waals surface area contributed by atoms with E-state index in [4.69, 9.17) is 9.47 Å². The minimum Gasteiger partial charge on any atom is -0.522 e. The molecule has 1 amide bonds. The predicted molar refractivity (Wildman–Crippen MR) is 47.4 cm³/mol. The molecule has 2 atom stereocenters. The van der Waals surface area contributed by atoms with E-state index in [9.17, 15) is 4.79 Å². The second-order valence-corrected chi connectivity index (χ2v) is 3.10. The van der Waals surface area contributed by atoms with Crippen molar-refractivity contribution in [1.29, 1.82) is 0 Å². The molecule has 0 aromatic carbocycles. The van der Waals surface area contributed by atoms with Crippen LogP contribution in [0.5, 0.6) is 0 Å². The fraction of sp³-hybridized carbons (Fsp3) is 0.778. The Morgan fingerprint density at radius 3 is 2.92 bits per heavy atom. The number of amides is 1. The molecule has 0 N–H and O–H groups in total. The molecule has 4 heteroatoms. The number of hydrogen-bond donors (Lipinski definition) is 0. The average molecular weight is 186 g/mol. The summed E-state index contributed by atoms with van der Waals surface area (Å²) in [6.07, 6.45) is 0.355. The second-order valence-electron chi connectivity index (χ2n) is 3.10. The lowest BCUT2D eigenvalue weighted by atomic mass is 10.3. The summed E-state index contributed by atoms with van der Waals surface area (Å²) in [5.41, 5.74) is 0. The summed E-state index contributed by atoms with van der Waals surface area (Å²) in [4.78, 5) is 12.9. The number of carbonyl (C=O) groups is 1. The monoisotopic (exact) mass is 186 g/mol. The van der Waals surface area contributed by atoms with Gasteiger partial charge >= 0.3 is 0 Å². The first-order valence-electron chi connectivity index (χ1n) is 4.59. The number of ether oxygens (including phenoxy) is 2. The molecule has 0 saturated carbocycles. The largest absolute Gasteiger partial charge is 0.522 e. The zero-order valence-electron chi connectivity index (χ0n) is 8.32. The van der Waals surface area contributed by atoms with E-state index in [1.807, 2.05) is 13.8 Å². The smallest absolute Gasteiger partial charge is 0.223 e. The van der Waals surface area contributed by atoms with Crippen LogP contribution in [0.4, 0.5) is 0 Å². The average Bonchev–Trinajstić information content (AvgIpc) is 2.44. The number of hydrogen-bond acceptors (Lipinski definition) is 3. The van der Waals surface area contributed by atoms with E-state index in [-0.39, 0.29) is 18.2 Å². The predicted octanol–water partition coefficient (Wildman–Crippen LogP) is 1.13. The zero-order valence-corrected chi connectivity index (χ0v) is 8.32. The summed E-state index contributed by atoms with van der Waals surface area (Å²) in [5, 5.41) is 0. The van der Waals surface area contributed by atoms with E-state index in [0.717, 1.165) is 6.42 Å². The highest BCUT2D eigenvalue weighted by Gasteiger charge is 2.24. The van der Waals surface area contributed by atoms with Crippen LogP contribution in [0, 0.1) is 6.73 Å². The van der Waals surface area contributed by atoms with Crippen molar-refractivity contribution in [2.75, 3.05) is 6.61 Å². The molecule has 0 radical (unpaired) electrons. The molecule has 1 rings (SSSR count). The lowest BCUT2D eigenvalue weighted by Crippen LogP contribution is -2.36. The van der Waals surface area contributed by atoms with Crippen molar-refractivity contribution in [1.82, 2.24) is 4.90 Å². The molecule has 13 heavy (non-hydrogen) atoms. The van der Waals surface area contributed by atoms with Crippen LogP contribution in [-0.4, -0.2) is 29.7 Å². The third kappa shape index (κ3) is 2.42. The van der Waals surface area contributed by atoms with Crippen molar-refractivity contribution in [3.8, 4) is 0 Å². The maximum absolute atomic E-state index is 11.4. The van der Waals surface area contributed by atoms with Gasteiger partial charge in [0.05, 0.1) is 0 Å². The Hall–Kier alpha value is -0.610. The van der Waals surface area contributed by atoms with Gasteiger partial charge in [-0.2, -0.15) is 0 Å². The Morgan fingerprint density at radius 2 is 2.46 bits per heavy atom. The van der Waals surface area contributed by atoms with Gasteiger partial charge in [-0.25, -0.2) is 0 Å². The van der Waals surface area contributed by atoms with Crippen molar-refractivity contribution < 1.29 is 14.3 Å². The van der Waals surface area contributed by atoms with Crippen LogP contribution in [0.2, 0.25) is 0 Å². The molecule has 4 nitrogen and oxygen atoms in total. The lowest BCUT2D eigenvalue weighted by molar-refractivity contribution is -0.138. The van der Waals surface area contributed by atoms with Crippen LogP contribution in [0.1, 0.15) is 27.2 Å². The molecule has 1 fully saturated rings. The number of rotatable bonds is 4. The molecule has 1 aliphatic rings. The maximum Gasteiger partial charge on any atom is 0.223 e. The molecule has 1 heterocycles. The summed E-state index contributed by atoms with van der Waals surface area (Å²) in [6.45, 7) is 7.69. The van der Waals surface area contributed by atoms with Gasteiger partial charge < -0.3 is 14.4 Å². The molecule has 0 aromatic heterocycles. The van der Waals surface area contributed by atoms with E-state index in [2.05, 4.69) is 0 Å². The van der Waals surface area contributed by atoms with Crippen LogP contribution >= 0.6 is 0 Å². The van der Waals surface area contributed by atoms with Gasteiger partial charge in [-0.05, 0) is 20.3 Å². The SMILES string of the molecule is CCCOC(C)N1[CH-]OC(C)C1=O. The minimum absolute atomic E-state index is 0.0383. The lowest BCUT2D eigenvalue weighted by Gasteiger charge is -2.30. The van der Waals surface area contributed by atoms with Gasteiger partial charge in [-0.1, -0.05) is 6.92 Å². The highest BCUT2D eigenvalue weighted by atomic mass is 16.5. The van der Waals surface area contributed by atoms with E-state index >= 15 is 0 Å². The van der Waals surface area contributed by atoms with Crippen LogP contribution in [0.15, 0.2) is 0 Å². The van der Waals surface area contributed by atoms with Crippen LogP contribution < -0.4 is 0 Å². The summed E-state index contributed by atoms with van der Waals surface area (Å²) in [7, 11) is 0. The Morgan fingerprint density at radius 1 is 1.77 bits per heavy atom. The zero-order chi connectivity index (χ0) is 9.84. The first-order chi connectivity index (χ1) is 6.16. The molecule has 0 spiro atoms. The van der Waals surface area contributed by atoms with Crippen molar-refractivity contribution >= 4 is 5.91 Å². The van der Waals surface area contributed by atoms with E-state index in [1.165, 1.54) is 11.6 Å². The molecule has 76 valence electrons. The highest BCUT2D eigenvalue weighted by molar-refractivity contribution is 5.82. The third-order valence-electron chi connectivity index (χ3n) is 1.94. The summed E-state index contributed by atoms with van der Waals surface area (Å²) in [6, 6.07) is 0. The summed E-state index contributed by atoms with van der Waals surface area (Å²) >= 11 is 0. The fourth-order valence-electron chi connectivity index (χ4n) is 1.11.